The average Bonchev–Trinajstić information content (AvgIpc) is 3.08. The quantitative estimate of drug-likeness (QED) is 0.241. The zero-order valence-corrected chi connectivity index (χ0v) is 29.1. The minimum atomic E-state index is -1.18. The Morgan fingerprint density at radius 3 is 2.38 bits per heavy atom. The molecule has 0 aromatic heterocycles. The van der Waals surface area contributed by atoms with Crippen molar-refractivity contribution in [2.45, 2.75) is 84.2 Å². The van der Waals surface area contributed by atoms with Gasteiger partial charge in [0.2, 0.25) is 0 Å². The Labute approximate surface area is 291 Å². The molecular formula is C38H45FN2O9. The number of nitrogens with one attached hydrogen (secondary N) is 1. The van der Waals surface area contributed by atoms with E-state index in [4.69, 9.17) is 18.9 Å². The van der Waals surface area contributed by atoms with E-state index < -0.39 is 52.9 Å². The van der Waals surface area contributed by atoms with Crippen LogP contribution in [0.1, 0.15) is 75.7 Å². The molecule has 2 fully saturated rings. The third-order valence-corrected chi connectivity index (χ3v) is 9.46. The molecule has 5 rings (SSSR count). The van der Waals surface area contributed by atoms with Gasteiger partial charge in [0.15, 0.2) is 11.6 Å². The van der Waals surface area contributed by atoms with Gasteiger partial charge < -0.3 is 34.3 Å². The van der Waals surface area contributed by atoms with Gasteiger partial charge in [-0.15, -0.1) is 0 Å². The molecule has 0 unspecified atom stereocenters. The normalized spacial score (nSPS) is 22.4. The van der Waals surface area contributed by atoms with E-state index in [0.717, 1.165) is 22.4 Å². The second-order valence-electron chi connectivity index (χ2n) is 14.3. The Morgan fingerprint density at radius 2 is 1.70 bits per heavy atom. The van der Waals surface area contributed by atoms with Crippen LogP contribution < -0.4 is 14.8 Å². The number of carboxylic acids is 1. The smallest absolute Gasteiger partial charge is 0.410 e. The van der Waals surface area contributed by atoms with Crippen LogP contribution in [0.3, 0.4) is 0 Å². The van der Waals surface area contributed by atoms with Gasteiger partial charge in [-0.25, -0.2) is 9.18 Å². The predicted octanol–water partition coefficient (Wildman–Crippen LogP) is 6.50. The molecule has 1 heterocycles. The first-order chi connectivity index (χ1) is 23.7. The number of methoxy groups -OCH3 is 1. The molecule has 50 heavy (non-hydrogen) atoms. The lowest BCUT2D eigenvalue weighted by molar-refractivity contribution is -0.159. The Kier molecular flexibility index (Phi) is 10.9. The lowest BCUT2D eigenvalue weighted by atomic mass is 9.74. The van der Waals surface area contributed by atoms with Crippen molar-refractivity contribution >= 4 is 34.7 Å². The number of carbonyl (C=O) groups excluding carboxylic acids is 3. The number of piperidine rings is 1. The lowest BCUT2D eigenvalue weighted by Crippen LogP contribution is -2.55. The van der Waals surface area contributed by atoms with Gasteiger partial charge in [-0.3, -0.25) is 14.4 Å². The number of nitrogens with zero attached hydrogens (tertiary/aromatic N) is 1. The van der Waals surface area contributed by atoms with Gasteiger partial charge in [0.1, 0.15) is 18.0 Å². The number of amides is 2. The summed E-state index contributed by atoms with van der Waals surface area (Å²) in [5, 5.41) is 14.8. The van der Waals surface area contributed by atoms with Crippen LogP contribution in [0.5, 0.6) is 11.5 Å². The largest absolute Gasteiger partial charge is 0.496 e. The number of benzene rings is 3. The van der Waals surface area contributed by atoms with Gasteiger partial charge in [0, 0.05) is 25.2 Å². The van der Waals surface area contributed by atoms with Crippen molar-refractivity contribution in [1.82, 2.24) is 10.2 Å². The second-order valence-corrected chi connectivity index (χ2v) is 14.3. The maximum absolute atomic E-state index is 15.2. The van der Waals surface area contributed by atoms with Gasteiger partial charge in [-0.2, -0.15) is 0 Å². The number of ether oxygens (including phenoxy) is 4. The van der Waals surface area contributed by atoms with E-state index in [9.17, 15) is 24.3 Å². The molecule has 0 bridgehead atoms. The third-order valence-electron chi connectivity index (χ3n) is 9.46. The summed E-state index contributed by atoms with van der Waals surface area (Å²) in [6.07, 6.45) is 0.982. The number of esters is 1. The van der Waals surface area contributed by atoms with Gasteiger partial charge in [-0.1, -0.05) is 42.5 Å². The van der Waals surface area contributed by atoms with E-state index in [0.29, 0.717) is 25.7 Å². The fourth-order valence-electron chi connectivity index (χ4n) is 6.55. The molecule has 12 heteroatoms. The summed E-state index contributed by atoms with van der Waals surface area (Å²) in [5.74, 6) is -4.17. The number of fused-ring (bicyclic) bond motifs is 1. The van der Waals surface area contributed by atoms with E-state index in [1.807, 2.05) is 49.4 Å². The first-order valence-corrected chi connectivity index (χ1v) is 16.9. The number of carbonyl (C=O) groups is 4. The molecule has 268 valence electrons. The molecule has 1 saturated carbocycles. The Balaban J connectivity index is 1.20. The summed E-state index contributed by atoms with van der Waals surface area (Å²) in [5.41, 5.74) is -0.577. The third kappa shape index (κ3) is 8.46. The van der Waals surface area contributed by atoms with Crippen LogP contribution in [0.15, 0.2) is 54.6 Å². The highest BCUT2D eigenvalue weighted by Gasteiger charge is 2.41. The summed E-state index contributed by atoms with van der Waals surface area (Å²) in [4.78, 5) is 52.8. The maximum Gasteiger partial charge on any atom is 0.410 e. The minimum absolute atomic E-state index is 0.0275. The topological polar surface area (TPSA) is 141 Å². The minimum Gasteiger partial charge on any atom is -0.496 e. The zero-order chi connectivity index (χ0) is 36.2. The van der Waals surface area contributed by atoms with Crippen LogP contribution in [-0.4, -0.2) is 71.9 Å². The molecule has 2 amide bonds. The summed E-state index contributed by atoms with van der Waals surface area (Å²) >= 11 is 0. The number of hydrogen-bond donors (Lipinski definition) is 2. The summed E-state index contributed by atoms with van der Waals surface area (Å²) in [7, 11) is 1.30. The SMILES string of the molecule is COc1cc(F)c(OC2CCC(C)(C(=O)OCc3cccc4ccccc34)CC2)cc1C(=O)N[C@H]1CCN(C(=O)OC(C)(C)C)C[C@H]1C(=O)O. The summed E-state index contributed by atoms with van der Waals surface area (Å²) in [6, 6.07) is 15.3. The van der Waals surface area contributed by atoms with Crippen LogP contribution in [0.25, 0.3) is 10.8 Å². The number of rotatable bonds is 9. The number of halogens is 1. The molecule has 2 aliphatic rings. The second kappa shape index (κ2) is 14.9. The fourth-order valence-corrected chi connectivity index (χ4v) is 6.55. The molecular weight excluding hydrogens is 647 g/mol. The van der Waals surface area contributed by atoms with Crippen LogP contribution in [0.2, 0.25) is 0 Å². The van der Waals surface area contributed by atoms with E-state index in [1.54, 1.807) is 20.8 Å². The molecule has 11 nitrogen and oxygen atoms in total. The van der Waals surface area contributed by atoms with E-state index in [2.05, 4.69) is 5.32 Å². The predicted molar refractivity (Wildman–Crippen MR) is 182 cm³/mol. The molecule has 0 radical (unpaired) electrons. The molecule has 1 aliphatic heterocycles. The van der Waals surface area contributed by atoms with Crippen LogP contribution in [-0.2, 0) is 25.7 Å². The van der Waals surface area contributed by atoms with Gasteiger partial charge in [-0.05, 0) is 82.2 Å². The Morgan fingerprint density at radius 1 is 1.00 bits per heavy atom. The first kappa shape index (κ1) is 36.4. The van der Waals surface area contributed by atoms with Crippen molar-refractivity contribution in [3.05, 3.63) is 71.5 Å². The van der Waals surface area contributed by atoms with E-state index >= 15 is 4.39 Å². The highest BCUT2D eigenvalue weighted by Crippen LogP contribution is 2.40. The van der Waals surface area contributed by atoms with Crippen LogP contribution in [0.4, 0.5) is 9.18 Å². The van der Waals surface area contributed by atoms with Crippen molar-refractivity contribution in [3.63, 3.8) is 0 Å². The molecule has 0 spiro atoms. The average molecular weight is 693 g/mol. The van der Waals surface area contributed by atoms with Gasteiger partial charge in [0.05, 0.1) is 30.1 Å². The fraction of sp³-hybridized carbons (Fsp3) is 0.474. The summed E-state index contributed by atoms with van der Waals surface area (Å²) < 4.78 is 37.7. The number of likely N-dealkylation sites (tertiary alicyclic amines) is 1. The van der Waals surface area contributed by atoms with Crippen LogP contribution >= 0.6 is 0 Å². The van der Waals surface area contributed by atoms with Crippen molar-refractivity contribution in [2.24, 2.45) is 11.3 Å². The first-order valence-electron chi connectivity index (χ1n) is 16.9. The van der Waals surface area contributed by atoms with Crippen molar-refractivity contribution in [1.29, 1.82) is 0 Å². The standard InChI is InChI=1S/C38H45FN2O9/c1-37(2,3)50-36(46)41-18-15-30(28(21-41)34(43)44)40-33(42)27-19-32(29(39)20-31(27)47-5)49-25-13-16-38(4,17-14-25)35(45)48-22-24-11-8-10-23-9-6-7-12-26(23)24/h6-12,19-20,25,28,30H,13-18,21-22H2,1-5H3,(H,40,42)(H,43,44)/t25?,28-,30+,38?/m1/s1. The van der Waals surface area contributed by atoms with Gasteiger partial charge >= 0.3 is 18.0 Å². The number of aliphatic carboxylic acids is 1. The number of hydrogen-bond acceptors (Lipinski definition) is 8. The molecule has 1 aliphatic carbocycles. The monoisotopic (exact) mass is 692 g/mol. The van der Waals surface area contributed by atoms with Crippen molar-refractivity contribution in [3.8, 4) is 11.5 Å². The number of carboxylic acid groups (broad SMARTS) is 1. The highest BCUT2D eigenvalue weighted by atomic mass is 19.1. The molecule has 3 aromatic rings. The Hall–Kier alpha value is -4.87. The van der Waals surface area contributed by atoms with Crippen molar-refractivity contribution < 1.29 is 47.6 Å². The van der Waals surface area contributed by atoms with E-state index in [-0.39, 0.29) is 49.1 Å². The van der Waals surface area contributed by atoms with Gasteiger partial charge in [0.25, 0.3) is 5.91 Å². The molecule has 1 saturated heterocycles. The zero-order valence-electron chi connectivity index (χ0n) is 29.1. The van der Waals surface area contributed by atoms with E-state index in [1.165, 1.54) is 18.1 Å². The molecule has 2 N–H and O–H groups in total. The summed E-state index contributed by atoms with van der Waals surface area (Å²) in [6.45, 7) is 7.21. The maximum atomic E-state index is 15.2. The molecule has 3 aromatic carbocycles. The Bertz CT molecular complexity index is 1740. The van der Waals surface area contributed by atoms with Crippen LogP contribution in [0, 0.1) is 17.2 Å². The lowest BCUT2D eigenvalue weighted by Gasteiger charge is -2.37. The molecule has 2 atom stereocenters. The highest BCUT2D eigenvalue weighted by molar-refractivity contribution is 5.98. The van der Waals surface area contributed by atoms with Crippen molar-refractivity contribution in [2.75, 3.05) is 20.2 Å².